The van der Waals surface area contributed by atoms with Gasteiger partial charge in [-0.3, -0.25) is 9.48 Å². The van der Waals surface area contributed by atoms with Gasteiger partial charge in [0.2, 0.25) is 0 Å². The van der Waals surface area contributed by atoms with Crippen molar-refractivity contribution in [2.75, 3.05) is 5.32 Å². The summed E-state index contributed by atoms with van der Waals surface area (Å²) in [5.74, 6) is -0.202. The highest BCUT2D eigenvalue weighted by Gasteiger charge is 2.08. The Morgan fingerprint density at radius 2 is 2.00 bits per heavy atom. The summed E-state index contributed by atoms with van der Waals surface area (Å²) in [7, 11) is 1.84. The van der Waals surface area contributed by atoms with Crippen LogP contribution in [0.2, 0.25) is 0 Å². The first kappa shape index (κ1) is 12.9. The van der Waals surface area contributed by atoms with Crippen molar-refractivity contribution in [3.63, 3.8) is 0 Å². The monoisotopic (exact) mass is 276 g/mol. The van der Waals surface area contributed by atoms with E-state index in [1.165, 1.54) is 0 Å². The summed E-state index contributed by atoms with van der Waals surface area (Å²) in [5, 5.41) is 16.8. The summed E-state index contributed by atoms with van der Waals surface area (Å²) < 4.78 is 1.72. The van der Waals surface area contributed by atoms with Gasteiger partial charge in [-0.2, -0.15) is 10.4 Å². The average Bonchev–Trinajstić information content (AvgIpc) is 2.87. The molecule has 1 N–H and O–H groups in total. The number of rotatable bonds is 2. The number of fused-ring (bicyclic) bond motifs is 1. The minimum Gasteiger partial charge on any atom is -0.322 e. The van der Waals surface area contributed by atoms with Crippen LogP contribution in [0.1, 0.15) is 15.9 Å². The zero-order valence-electron chi connectivity index (χ0n) is 11.4. The van der Waals surface area contributed by atoms with E-state index in [1.807, 2.05) is 25.4 Å². The van der Waals surface area contributed by atoms with Crippen molar-refractivity contribution in [3.8, 4) is 6.07 Å². The molecule has 0 fully saturated rings. The van der Waals surface area contributed by atoms with Crippen molar-refractivity contribution in [1.82, 2.24) is 9.78 Å². The first-order valence-electron chi connectivity index (χ1n) is 6.40. The second-order valence-electron chi connectivity index (χ2n) is 4.72. The Morgan fingerprint density at radius 1 is 1.24 bits per heavy atom. The van der Waals surface area contributed by atoms with Gasteiger partial charge in [0.15, 0.2) is 0 Å². The molecule has 5 heteroatoms. The lowest BCUT2D eigenvalue weighted by molar-refractivity contribution is 0.102. The van der Waals surface area contributed by atoms with E-state index in [0.29, 0.717) is 16.8 Å². The number of aromatic nitrogens is 2. The molecule has 0 aliphatic carbocycles. The summed E-state index contributed by atoms with van der Waals surface area (Å²) in [5.41, 5.74) is 2.54. The molecular weight excluding hydrogens is 264 g/mol. The van der Waals surface area contributed by atoms with Crippen LogP contribution >= 0.6 is 0 Å². The van der Waals surface area contributed by atoms with Crippen molar-refractivity contribution >= 4 is 22.5 Å². The van der Waals surface area contributed by atoms with Gasteiger partial charge in [-0.25, -0.2) is 0 Å². The zero-order chi connectivity index (χ0) is 14.8. The number of benzene rings is 2. The number of nitrogens with one attached hydrogen (secondary N) is 1. The van der Waals surface area contributed by atoms with Crippen LogP contribution in [0.4, 0.5) is 5.69 Å². The predicted molar refractivity (Wildman–Crippen MR) is 79.8 cm³/mol. The van der Waals surface area contributed by atoms with Gasteiger partial charge in [0.1, 0.15) is 0 Å². The number of nitriles is 1. The minimum absolute atomic E-state index is 0.202. The van der Waals surface area contributed by atoms with Crippen LogP contribution < -0.4 is 5.32 Å². The van der Waals surface area contributed by atoms with Gasteiger partial charge in [-0.05, 0) is 36.4 Å². The summed E-state index contributed by atoms with van der Waals surface area (Å²) in [6, 6.07) is 14.2. The molecule has 3 rings (SSSR count). The van der Waals surface area contributed by atoms with Crippen LogP contribution in [-0.2, 0) is 7.05 Å². The largest absolute Gasteiger partial charge is 0.322 e. The van der Waals surface area contributed by atoms with Crippen LogP contribution in [0.3, 0.4) is 0 Å². The van der Waals surface area contributed by atoms with Gasteiger partial charge in [-0.15, -0.1) is 0 Å². The Kier molecular flexibility index (Phi) is 3.13. The van der Waals surface area contributed by atoms with Gasteiger partial charge in [0.25, 0.3) is 5.91 Å². The summed E-state index contributed by atoms with van der Waals surface area (Å²) in [4.78, 5) is 12.2. The van der Waals surface area contributed by atoms with E-state index in [9.17, 15) is 4.79 Å². The molecule has 0 saturated heterocycles. The van der Waals surface area contributed by atoms with Crippen molar-refractivity contribution in [2.45, 2.75) is 0 Å². The molecule has 0 aliphatic heterocycles. The Bertz CT molecular complexity index is 856. The second-order valence-corrected chi connectivity index (χ2v) is 4.72. The number of carbonyl (C=O) groups is 1. The first-order valence-corrected chi connectivity index (χ1v) is 6.40. The third-order valence-corrected chi connectivity index (χ3v) is 3.16. The third kappa shape index (κ3) is 2.60. The summed E-state index contributed by atoms with van der Waals surface area (Å²) >= 11 is 0. The Balaban J connectivity index is 1.84. The number of amides is 1. The van der Waals surface area contributed by atoms with E-state index in [2.05, 4.69) is 10.4 Å². The first-order chi connectivity index (χ1) is 10.2. The Hall–Kier alpha value is -3.13. The van der Waals surface area contributed by atoms with Gasteiger partial charge >= 0.3 is 0 Å². The minimum atomic E-state index is -0.202. The number of hydrogen-bond acceptors (Lipinski definition) is 3. The number of nitrogens with zero attached hydrogens (tertiary/aromatic N) is 3. The molecule has 0 bridgehead atoms. The average molecular weight is 276 g/mol. The predicted octanol–water partition coefficient (Wildman–Crippen LogP) is 2.70. The lowest BCUT2D eigenvalue weighted by Gasteiger charge is -2.05. The zero-order valence-corrected chi connectivity index (χ0v) is 11.4. The fraction of sp³-hybridized carbons (Fsp3) is 0.0625. The van der Waals surface area contributed by atoms with E-state index in [1.54, 1.807) is 41.1 Å². The molecule has 0 atom stereocenters. The SMILES string of the molecule is Cn1cc2ccc(C(=O)Nc3ccc(C#N)cc3)cc2n1. The van der Waals surface area contributed by atoms with Gasteiger partial charge in [-0.1, -0.05) is 6.07 Å². The van der Waals surface area contributed by atoms with Gasteiger partial charge in [0, 0.05) is 29.9 Å². The van der Waals surface area contributed by atoms with Gasteiger partial charge in [0.05, 0.1) is 17.1 Å². The molecule has 1 amide bonds. The van der Waals surface area contributed by atoms with Crippen molar-refractivity contribution in [1.29, 1.82) is 5.26 Å². The van der Waals surface area contributed by atoms with Crippen LogP contribution in [0.15, 0.2) is 48.7 Å². The number of hydrogen-bond donors (Lipinski definition) is 1. The Morgan fingerprint density at radius 3 is 2.71 bits per heavy atom. The topological polar surface area (TPSA) is 70.7 Å². The molecule has 0 saturated carbocycles. The molecule has 102 valence electrons. The molecule has 2 aromatic carbocycles. The molecular formula is C16H12N4O. The summed E-state index contributed by atoms with van der Waals surface area (Å²) in [6.07, 6.45) is 1.90. The second kappa shape index (κ2) is 5.10. The fourth-order valence-corrected chi connectivity index (χ4v) is 2.11. The molecule has 5 nitrogen and oxygen atoms in total. The van der Waals surface area contributed by atoms with Gasteiger partial charge < -0.3 is 5.32 Å². The quantitative estimate of drug-likeness (QED) is 0.782. The Labute approximate surface area is 121 Å². The van der Waals surface area contributed by atoms with Crippen LogP contribution in [0, 0.1) is 11.3 Å². The number of carbonyl (C=O) groups excluding carboxylic acids is 1. The van der Waals surface area contributed by atoms with Crippen molar-refractivity contribution < 1.29 is 4.79 Å². The van der Waals surface area contributed by atoms with Crippen LogP contribution in [0.25, 0.3) is 10.9 Å². The smallest absolute Gasteiger partial charge is 0.255 e. The highest BCUT2D eigenvalue weighted by Crippen LogP contribution is 2.16. The number of aryl methyl sites for hydroxylation is 1. The van der Waals surface area contributed by atoms with Crippen molar-refractivity contribution in [3.05, 3.63) is 59.8 Å². The molecule has 21 heavy (non-hydrogen) atoms. The van der Waals surface area contributed by atoms with E-state index in [4.69, 9.17) is 5.26 Å². The molecule has 1 heterocycles. The van der Waals surface area contributed by atoms with E-state index in [0.717, 1.165) is 10.9 Å². The van der Waals surface area contributed by atoms with E-state index >= 15 is 0 Å². The van der Waals surface area contributed by atoms with Crippen molar-refractivity contribution in [2.24, 2.45) is 7.05 Å². The molecule has 0 aliphatic rings. The third-order valence-electron chi connectivity index (χ3n) is 3.16. The number of anilines is 1. The maximum Gasteiger partial charge on any atom is 0.255 e. The molecule has 0 unspecified atom stereocenters. The lowest BCUT2D eigenvalue weighted by Crippen LogP contribution is -2.11. The molecule has 0 spiro atoms. The molecule has 3 aromatic rings. The maximum atomic E-state index is 12.2. The molecule has 0 radical (unpaired) electrons. The van der Waals surface area contributed by atoms with E-state index < -0.39 is 0 Å². The maximum absolute atomic E-state index is 12.2. The fourth-order valence-electron chi connectivity index (χ4n) is 2.11. The standard InChI is InChI=1S/C16H12N4O/c1-20-10-13-5-4-12(8-15(13)19-20)16(21)18-14-6-2-11(9-17)3-7-14/h2-8,10H,1H3,(H,18,21). The highest BCUT2D eigenvalue weighted by atomic mass is 16.1. The van der Waals surface area contributed by atoms with E-state index in [-0.39, 0.29) is 5.91 Å². The normalized spacial score (nSPS) is 10.3. The molecule has 1 aromatic heterocycles. The van der Waals surface area contributed by atoms with Crippen LogP contribution in [-0.4, -0.2) is 15.7 Å². The summed E-state index contributed by atoms with van der Waals surface area (Å²) in [6.45, 7) is 0. The highest BCUT2D eigenvalue weighted by molar-refractivity contribution is 6.06. The van der Waals surface area contributed by atoms with Crippen LogP contribution in [0.5, 0.6) is 0 Å². The lowest BCUT2D eigenvalue weighted by atomic mass is 10.1.